The Morgan fingerprint density at radius 2 is 2.40 bits per heavy atom. The van der Waals surface area contributed by atoms with Crippen LogP contribution >= 0.6 is 0 Å². The zero-order valence-corrected chi connectivity index (χ0v) is 8.26. The van der Waals surface area contributed by atoms with Gasteiger partial charge in [-0.2, -0.15) is 9.98 Å². The van der Waals surface area contributed by atoms with Gasteiger partial charge in [-0.1, -0.05) is 0 Å². The molecule has 6 heteroatoms. The predicted molar refractivity (Wildman–Crippen MR) is 52.8 cm³/mol. The fourth-order valence-corrected chi connectivity index (χ4v) is 1.33. The highest BCUT2D eigenvalue weighted by molar-refractivity contribution is 5.86. The third-order valence-corrected chi connectivity index (χ3v) is 2.00. The molecule has 6 nitrogen and oxygen atoms in total. The second-order valence-corrected chi connectivity index (χ2v) is 2.91. The van der Waals surface area contributed by atoms with Crippen LogP contribution in [-0.2, 0) is 11.8 Å². The predicted octanol–water partition coefficient (Wildman–Crippen LogP) is 0.944. The van der Waals surface area contributed by atoms with Gasteiger partial charge in [-0.15, -0.1) is 0 Å². The molecule has 0 unspecified atom stereocenters. The van der Waals surface area contributed by atoms with E-state index in [0.717, 1.165) is 0 Å². The first-order valence-corrected chi connectivity index (χ1v) is 4.20. The van der Waals surface area contributed by atoms with Crippen molar-refractivity contribution in [2.45, 2.75) is 0 Å². The summed E-state index contributed by atoms with van der Waals surface area (Å²) in [5.74, 6) is 0.422. The Hall–Kier alpha value is -2.20. The molecule has 0 aliphatic carbocycles. The van der Waals surface area contributed by atoms with Gasteiger partial charge in [0, 0.05) is 13.2 Å². The molecule has 2 rings (SSSR count). The van der Waals surface area contributed by atoms with Gasteiger partial charge in [0.15, 0.2) is 5.65 Å². The number of hydrogen-bond acceptors (Lipinski definition) is 5. The Balaban J connectivity index is 2.74. The first-order chi connectivity index (χ1) is 7.26. The van der Waals surface area contributed by atoms with Gasteiger partial charge < -0.3 is 9.30 Å². The minimum atomic E-state index is 0.422. The lowest BCUT2D eigenvalue weighted by Gasteiger charge is -1.98. The maximum Gasteiger partial charge on any atom is 0.240 e. The Labute approximate surface area is 85.2 Å². The van der Waals surface area contributed by atoms with E-state index in [1.807, 2.05) is 0 Å². The third-order valence-electron chi connectivity index (χ3n) is 2.00. The molecule has 0 aliphatic heterocycles. The minimum Gasteiger partial charge on any atom is -0.480 e. The number of rotatable bonds is 2. The Bertz CT molecular complexity index is 554. The van der Waals surface area contributed by atoms with Gasteiger partial charge in [-0.3, -0.25) is 0 Å². The van der Waals surface area contributed by atoms with Crippen molar-refractivity contribution in [3.05, 3.63) is 12.4 Å². The molecule has 0 atom stereocenters. The number of hydrogen-bond donors (Lipinski definition) is 0. The number of aryl methyl sites for hydroxylation is 1. The normalized spacial score (nSPS) is 10.0. The van der Waals surface area contributed by atoms with Crippen molar-refractivity contribution in [2.24, 2.45) is 12.0 Å². The van der Waals surface area contributed by atoms with E-state index < -0.39 is 0 Å². The van der Waals surface area contributed by atoms with Crippen molar-refractivity contribution in [2.75, 3.05) is 7.11 Å². The van der Waals surface area contributed by atoms with Crippen LogP contribution in [0.3, 0.4) is 0 Å². The number of nitrogens with zero attached hydrogens (tertiary/aromatic N) is 4. The number of carbonyl (C=O) groups excluding carboxylic acids is 1. The molecule has 0 aromatic carbocycles. The van der Waals surface area contributed by atoms with Crippen LogP contribution in [0.2, 0.25) is 0 Å². The van der Waals surface area contributed by atoms with Gasteiger partial charge in [-0.05, 0) is 0 Å². The fourth-order valence-electron chi connectivity index (χ4n) is 1.33. The standard InChI is InChI=1S/C9H8N4O2/c1-13-4-6(11-5-14)8-9(13)12-7(15-2)3-10-8/h3-4H,1-2H3. The highest BCUT2D eigenvalue weighted by Gasteiger charge is 2.09. The molecule has 2 aromatic rings. The molecule has 0 saturated heterocycles. The number of fused-ring (bicyclic) bond motifs is 1. The fraction of sp³-hybridized carbons (Fsp3) is 0.222. The number of aromatic nitrogens is 3. The van der Waals surface area contributed by atoms with Crippen LogP contribution in [0.4, 0.5) is 5.69 Å². The molecule has 0 aliphatic rings. The van der Waals surface area contributed by atoms with Gasteiger partial charge in [0.05, 0.1) is 13.3 Å². The van der Waals surface area contributed by atoms with Crippen molar-refractivity contribution < 1.29 is 9.53 Å². The van der Waals surface area contributed by atoms with Crippen molar-refractivity contribution in [3.63, 3.8) is 0 Å². The van der Waals surface area contributed by atoms with E-state index in [9.17, 15) is 4.79 Å². The summed E-state index contributed by atoms with van der Waals surface area (Å²) in [4.78, 5) is 22.0. The van der Waals surface area contributed by atoms with Crippen LogP contribution in [0.5, 0.6) is 5.88 Å². The monoisotopic (exact) mass is 204 g/mol. The van der Waals surface area contributed by atoms with Gasteiger partial charge >= 0.3 is 0 Å². The molecular weight excluding hydrogens is 196 g/mol. The van der Waals surface area contributed by atoms with Crippen LogP contribution in [0.1, 0.15) is 0 Å². The molecular formula is C9H8N4O2. The summed E-state index contributed by atoms with van der Waals surface area (Å²) in [6.07, 6.45) is 4.62. The topological polar surface area (TPSA) is 69.4 Å². The molecule has 15 heavy (non-hydrogen) atoms. The summed E-state index contributed by atoms with van der Waals surface area (Å²) in [7, 11) is 3.31. The second-order valence-electron chi connectivity index (χ2n) is 2.91. The van der Waals surface area contributed by atoms with E-state index in [4.69, 9.17) is 4.74 Å². The van der Waals surface area contributed by atoms with Gasteiger partial charge in [0.1, 0.15) is 11.2 Å². The highest BCUT2D eigenvalue weighted by Crippen LogP contribution is 2.25. The lowest BCUT2D eigenvalue weighted by atomic mass is 10.4. The van der Waals surface area contributed by atoms with Gasteiger partial charge in [-0.25, -0.2) is 9.78 Å². The van der Waals surface area contributed by atoms with E-state index in [0.29, 0.717) is 22.7 Å². The average Bonchev–Trinajstić information content (AvgIpc) is 2.56. The highest BCUT2D eigenvalue weighted by atomic mass is 16.5. The molecule has 0 saturated carbocycles. The largest absolute Gasteiger partial charge is 0.480 e. The molecule has 0 fully saturated rings. The van der Waals surface area contributed by atoms with Crippen LogP contribution in [0.25, 0.3) is 11.2 Å². The summed E-state index contributed by atoms with van der Waals surface area (Å²) in [5.41, 5.74) is 1.63. The third kappa shape index (κ3) is 1.47. The van der Waals surface area contributed by atoms with E-state index in [2.05, 4.69) is 15.0 Å². The number of aliphatic imine (C=N–C) groups is 1. The minimum absolute atomic E-state index is 0.422. The summed E-state index contributed by atoms with van der Waals surface area (Å²) in [6.45, 7) is 0. The Morgan fingerprint density at radius 3 is 3.07 bits per heavy atom. The Kier molecular flexibility index (Phi) is 2.19. The molecule has 0 spiro atoms. The van der Waals surface area contributed by atoms with Gasteiger partial charge in [0.2, 0.25) is 12.0 Å². The van der Waals surface area contributed by atoms with E-state index >= 15 is 0 Å². The van der Waals surface area contributed by atoms with E-state index in [1.54, 1.807) is 17.8 Å². The summed E-state index contributed by atoms with van der Waals surface area (Å²) < 4.78 is 6.67. The van der Waals surface area contributed by atoms with Crippen LogP contribution in [0, 0.1) is 0 Å². The van der Waals surface area contributed by atoms with Crippen molar-refractivity contribution in [3.8, 4) is 5.88 Å². The molecule has 2 heterocycles. The smallest absolute Gasteiger partial charge is 0.240 e. The second kappa shape index (κ2) is 3.51. The van der Waals surface area contributed by atoms with Crippen molar-refractivity contribution in [1.82, 2.24) is 14.5 Å². The van der Waals surface area contributed by atoms with E-state index in [-0.39, 0.29) is 0 Å². The summed E-state index contributed by atoms with van der Waals surface area (Å²) in [6, 6.07) is 0. The quantitative estimate of drug-likeness (QED) is 0.539. The first kappa shape index (κ1) is 9.36. The zero-order chi connectivity index (χ0) is 10.8. The average molecular weight is 204 g/mol. The van der Waals surface area contributed by atoms with Gasteiger partial charge in [0.25, 0.3) is 0 Å². The lowest BCUT2D eigenvalue weighted by molar-refractivity contribution is 0.397. The maximum atomic E-state index is 10.2. The molecule has 76 valence electrons. The first-order valence-electron chi connectivity index (χ1n) is 4.20. The Morgan fingerprint density at radius 1 is 1.60 bits per heavy atom. The zero-order valence-electron chi connectivity index (χ0n) is 8.26. The number of methoxy groups -OCH3 is 1. The summed E-state index contributed by atoms with van der Waals surface area (Å²) in [5, 5.41) is 0. The van der Waals surface area contributed by atoms with Crippen LogP contribution in [-0.4, -0.2) is 27.7 Å². The van der Waals surface area contributed by atoms with E-state index in [1.165, 1.54) is 19.4 Å². The van der Waals surface area contributed by atoms with Crippen LogP contribution < -0.4 is 4.74 Å². The molecule has 0 radical (unpaired) electrons. The number of ether oxygens (including phenoxy) is 1. The van der Waals surface area contributed by atoms with Crippen molar-refractivity contribution >= 4 is 22.9 Å². The maximum absolute atomic E-state index is 10.2. The summed E-state index contributed by atoms with van der Waals surface area (Å²) >= 11 is 0. The number of isocyanates is 1. The van der Waals surface area contributed by atoms with Crippen LogP contribution in [0.15, 0.2) is 17.4 Å². The lowest BCUT2D eigenvalue weighted by Crippen LogP contribution is -1.93. The molecule has 0 amide bonds. The van der Waals surface area contributed by atoms with Crippen molar-refractivity contribution in [1.29, 1.82) is 0 Å². The molecule has 0 N–H and O–H groups in total. The SMILES string of the molecule is COc1cnc2c(N=C=O)cn(C)c2n1. The molecule has 0 bridgehead atoms. The molecule has 2 aromatic heterocycles.